The second-order valence-corrected chi connectivity index (χ2v) is 8.26. The minimum absolute atomic E-state index is 0.00525. The van der Waals surface area contributed by atoms with Crippen molar-refractivity contribution in [2.24, 2.45) is 5.73 Å². The van der Waals surface area contributed by atoms with Gasteiger partial charge in [0, 0.05) is 30.8 Å². The molecule has 0 aliphatic carbocycles. The lowest BCUT2D eigenvalue weighted by Crippen LogP contribution is -2.38. The highest BCUT2D eigenvalue weighted by molar-refractivity contribution is 6.02. The first-order chi connectivity index (χ1) is 15.0. The molecule has 2 aromatic rings. The molecule has 1 atom stereocenters. The van der Waals surface area contributed by atoms with Crippen LogP contribution in [0.2, 0.25) is 0 Å². The van der Waals surface area contributed by atoms with Crippen molar-refractivity contribution in [1.29, 1.82) is 0 Å². The molecule has 2 amide bonds. The van der Waals surface area contributed by atoms with Gasteiger partial charge >= 0.3 is 0 Å². The van der Waals surface area contributed by atoms with Gasteiger partial charge in [-0.3, -0.25) is 14.4 Å². The number of amides is 2. The highest BCUT2D eigenvalue weighted by Crippen LogP contribution is 2.29. The molecule has 1 unspecified atom stereocenters. The monoisotopic (exact) mass is 421 g/mol. The summed E-state index contributed by atoms with van der Waals surface area (Å²) in [5, 5.41) is 9.60. The topological polar surface area (TPSA) is 104 Å². The Labute approximate surface area is 181 Å². The van der Waals surface area contributed by atoms with Crippen LogP contribution in [0.1, 0.15) is 50.6 Å². The first kappa shape index (κ1) is 21.2. The summed E-state index contributed by atoms with van der Waals surface area (Å²) in [5.74, 6) is -0.401. The van der Waals surface area contributed by atoms with E-state index in [1.54, 1.807) is 24.3 Å². The zero-order chi connectivity index (χ0) is 22.0. The first-order valence-electron chi connectivity index (χ1n) is 10.6. The number of nitrogens with zero attached hydrogens (tertiary/aromatic N) is 2. The minimum Gasteiger partial charge on any atom is -0.383 e. The van der Waals surface area contributed by atoms with E-state index < -0.39 is 6.10 Å². The molecular formula is C24H27N3O4. The van der Waals surface area contributed by atoms with Crippen molar-refractivity contribution < 1.29 is 19.5 Å². The highest BCUT2D eigenvalue weighted by Gasteiger charge is 2.33. The Morgan fingerprint density at radius 1 is 0.968 bits per heavy atom. The Morgan fingerprint density at radius 3 is 2.23 bits per heavy atom. The quantitative estimate of drug-likeness (QED) is 0.780. The van der Waals surface area contributed by atoms with Crippen molar-refractivity contribution in [3.05, 3.63) is 70.8 Å². The molecule has 0 aromatic heterocycles. The molecule has 4 rings (SSSR count). The largest absolute Gasteiger partial charge is 0.383 e. The lowest BCUT2D eigenvalue weighted by Gasteiger charge is -2.32. The standard InChI is InChI=1S/C24H27N3O4/c25-13-16-3-1-4-18(11-16)17-7-9-26(10-8-17)23(30)19-5-2-6-20(12-19)24(31)27-14-21(28)22(29)15-27/h1-6,11-12,17,21,28H,7-10,13-15,25H2. The Morgan fingerprint density at radius 2 is 1.61 bits per heavy atom. The fraction of sp³-hybridized carbons (Fsp3) is 0.375. The second-order valence-electron chi connectivity index (χ2n) is 8.26. The molecule has 0 spiro atoms. The maximum Gasteiger partial charge on any atom is 0.254 e. The number of carbonyl (C=O) groups excluding carboxylic acids is 3. The van der Waals surface area contributed by atoms with E-state index >= 15 is 0 Å². The normalized spacial score (nSPS) is 19.7. The summed E-state index contributed by atoms with van der Waals surface area (Å²) in [6.07, 6.45) is 0.638. The highest BCUT2D eigenvalue weighted by atomic mass is 16.3. The number of benzene rings is 2. The molecule has 2 saturated heterocycles. The van der Waals surface area contributed by atoms with Gasteiger partial charge in [-0.2, -0.15) is 0 Å². The summed E-state index contributed by atoms with van der Waals surface area (Å²) in [5.41, 5.74) is 8.94. The van der Waals surface area contributed by atoms with E-state index in [0.717, 1.165) is 18.4 Å². The molecule has 3 N–H and O–H groups in total. The van der Waals surface area contributed by atoms with Crippen molar-refractivity contribution in [2.45, 2.75) is 31.4 Å². The number of aliphatic hydroxyl groups excluding tert-OH is 1. The molecule has 2 heterocycles. The van der Waals surface area contributed by atoms with Crippen LogP contribution in [-0.2, 0) is 11.3 Å². The van der Waals surface area contributed by atoms with Crippen LogP contribution in [0, 0.1) is 0 Å². The van der Waals surface area contributed by atoms with E-state index in [1.165, 1.54) is 10.5 Å². The zero-order valence-corrected chi connectivity index (χ0v) is 17.4. The summed E-state index contributed by atoms with van der Waals surface area (Å²) in [7, 11) is 0. The van der Waals surface area contributed by atoms with Gasteiger partial charge in [-0.25, -0.2) is 0 Å². The van der Waals surface area contributed by atoms with Crippen LogP contribution in [0.5, 0.6) is 0 Å². The molecule has 2 aliphatic heterocycles. The first-order valence-corrected chi connectivity index (χ1v) is 10.6. The maximum atomic E-state index is 13.0. The number of β-amino-alcohol motifs (C(OH)–C–C–N with tert-alkyl or cyclic N) is 1. The fourth-order valence-electron chi connectivity index (χ4n) is 4.36. The van der Waals surface area contributed by atoms with Crippen LogP contribution in [-0.4, -0.2) is 64.8 Å². The van der Waals surface area contributed by atoms with Crippen LogP contribution < -0.4 is 5.73 Å². The maximum absolute atomic E-state index is 13.0. The van der Waals surface area contributed by atoms with E-state index in [4.69, 9.17) is 5.73 Å². The molecule has 31 heavy (non-hydrogen) atoms. The average molecular weight is 421 g/mol. The minimum atomic E-state index is -1.12. The molecule has 2 aliphatic rings. The van der Waals surface area contributed by atoms with Gasteiger partial charge in [0.1, 0.15) is 6.10 Å². The third kappa shape index (κ3) is 4.52. The van der Waals surface area contributed by atoms with Crippen molar-refractivity contribution in [2.75, 3.05) is 26.2 Å². The predicted octanol–water partition coefficient (Wildman–Crippen LogP) is 1.55. The van der Waals surface area contributed by atoms with Gasteiger partial charge in [0.15, 0.2) is 5.78 Å². The zero-order valence-electron chi connectivity index (χ0n) is 17.4. The van der Waals surface area contributed by atoms with Gasteiger partial charge in [-0.05, 0) is 48.1 Å². The van der Waals surface area contributed by atoms with Crippen LogP contribution in [0.4, 0.5) is 0 Å². The third-order valence-corrected chi connectivity index (χ3v) is 6.20. The van der Waals surface area contributed by atoms with Gasteiger partial charge in [-0.15, -0.1) is 0 Å². The smallest absolute Gasteiger partial charge is 0.254 e. The number of likely N-dealkylation sites (tertiary alicyclic amines) is 2. The van der Waals surface area contributed by atoms with E-state index in [0.29, 0.717) is 36.7 Å². The number of nitrogens with two attached hydrogens (primary N) is 1. The van der Waals surface area contributed by atoms with E-state index in [2.05, 4.69) is 12.1 Å². The summed E-state index contributed by atoms with van der Waals surface area (Å²) < 4.78 is 0. The Hall–Kier alpha value is -3.03. The lowest BCUT2D eigenvalue weighted by molar-refractivity contribution is -0.123. The summed E-state index contributed by atoms with van der Waals surface area (Å²) in [6, 6.07) is 14.9. The van der Waals surface area contributed by atoms with Gasteiger partial charge in [0.25, 0.3) is 11.8 Å². The van der Waals surface area contributed by atoms with E-state index in [9.17, 15) is 19.5 Å². The van der Waals surface area contributed by atoms with E-state index in [-0.39, 0.29) is 30.7 Å². The second kappa shape index (κ2) is 8.99. The Balaban J connectivity index is 1.40. The summed E-state index contributed by atoms with van der Waals surface area (Å²) in [4.78, 5) is 40.4. The number of Topliss-reactive ketones (excluding diaryl/α,β-unsaturated/α-hetero) is 1. The number of piperidine rings is 1. The molecule has 0 bridgehead atoms. The molecular weight excluding hydrogens is 394 g/mol. The van der Waals surface area contributed by atoms with Gasteiger partial charge in [0.2, 0.25) is 0 Å². The molecule has 7 heteroatoms. The molecule has 2 aromatic carbocycles. The van der Waals surface area contributed by atoms with E-state index in [1.807, 2.05) is 17.0 Å². The molecule has 0 radical (unpaired) electrons. The van der Waals surface area contributed by atoms with Gasteiger partial charge < -0.3 is 20.6 Å². The Kier molecular flexibility index (Phi) is 6.15. The number of ketones is 1. The average Bonchev–Trinajstić information content (AvgIpc) is 3.16. The van der Waals surface area contributed by atoms with Crippen molar-refractivity contribution in [1.82, 2.24) is 9.80 Å². The van der Waals surface area contributed by atoms with Crippen LogP contribution in [0.15, 0.2) is 48.5 Å². The predicted molar refractivity (Wildman–Crippen MR) is 116 cm³/mol. The van der Waals surface area contributed by atoms with Crippen LogP contribution >= 0.6 is 0 Å². The van der Waals surface area contributed by atoms with Crippen molar-refractivity contribution in [3.63, 3.8) is 0 Å². The molecule has 2 fully saturated rings. The fourth-order valence-corrected chi connectivity index (χ4v) is 4.36. The summed E-state index contributed by atoms with van der Waals surface area (Å²) >= 11 is 0. The van der Waals surface area contributed by atoms with Crippen molar-refractivity contribution in [3.8, 4) is 0 Å². The van der Waals surface area contributed by atoms with Gasteiger partial charge in [-0.1, -0.05) is 30.3 Å². The number of hydrogen-bond acceptors (Lipinski definition) is 5. The lowest BCUT2D eigenvalue weighted by atomic mass is 9.88. The number of hydrogen-bond donors (Lipinski definition) is 2. The van der Waals surface area contributed by atoms with Crippen molar-refractivity contribution >= 4 is 17.6 Å². The summed E-state index contributed by atoms with van der Waals surface area (Å²) in [6.45, 7) is 1.72. The molecule has 7 nitrogen and oxygen atoms in total. The van der Waals surface area contributed by atoms with Crippen LogP contribution in [0.3, 0.4) is 0 Å². The van der Waals surface area contributed by atoms with Gasteiger partial charge in [0.05, 0.1) is 13.1 Å². The molecule has 0 saturated carbocycles. The number of carbonyl (C=O) groups is 3. The third-order valence-electron chi connectivity index (χ3n) is 6.20. The molecule has 162 valence electrons. The van der Waals surface area contributed by atoms with Crippen LogP contribution in [0.25, 0.3) is 0 Å². The SMILES string of the molecule is NCc1cccc(C2CCN(C(=O)c3cccc(C(=O)N4CC(=O)C(O)C4)c3)CC2)c1. The number of aliphatic hydroxyl groups is 1. The Bertz CT molecular complexity index is 998. The number of rotatable bonds is 4.